The number of anilines is 1. The first-order valence-corrected chi connectivity index (χ1v) is 5.23. The summed E-state index contributed by atoms with van der Waals surface area (Å²) in [6.45, 7) is 0. The molecule has 2 rings (SSSR count). The van der Waals surface area contributed by atoms with E-state index in [0.29, 0.717) is 11.4 Å². The van der Waals surface area contributed by atoms with Crippen molar-refractivity contribution in [3.05, 3.63) is 36.0 Å². The summed E-state index contributed by atoms with van der Waals surface area (Å²) in [7, 11) is 2.87. The number of aromatic nitrogens is 2. The van der Waals surface area contributed by atoms with E-state index in [2.05, 4.69) is 9.84 Å². The lowest BCUT2D eigenvalue weighted by Gasteiger charge is -2.06. The number of hydrogen-bond donors (Lipinski definition) is 1. The van der Waals surface area contributed by atoms with Crippen LogP contribution in [0.1, 0.15) is 10.4 Å². The Labute approximate surface area is 104 Å². The maximum atomic E-state index is 11.4. The molecule has 0 aliphatic carbocycles. The van der Waals surface area contributed by atoms with E-state index in [0.717, 1.165) is 0 Å². The van der Waals surface area contributed by atoms with Crippen LogP contribution in [0.3, 0.4) is 0 Å². The van der Waals surface area contributed by atoms with Crippen LogP contribution in [-0.2, 0) is 4.74 Å². The number of nitrogen functional groups attached to an aromatic ring is 1. The molecule has 0 atom stereocenters. The third kappa shape index (κ3) is 2.00. The second kappa shape index (κ2) is 4.79. The maximum Gasteiger partial charge on any atom is 0.343 e. The molecule has 6 heteroatoms. The van der Waals surface area contributed by atoms with Crippen molar-refractivity contribution in [1.82, 2.24) is 9.78 Å². The van der Waals surface area contributed by atoms with Crippen LogP contribution in [0.4, 0.5) is 5.82 Å². The smallest absolute Gasteiger partial charge is 0.343 e. The second-order valence-electron chi connectivity index (χ2n) is 3.55. The predicted molar refractivity (Wildman–Crippen MR) is 65.9 cm³/mol. The molecule has 0 saturated heterocycles. The monoisotopic (exact) mass is 247 g/mol. The highest BCUT2D eigenvalue weighted by molar-refractivity contribution is 5.94. The van der Waals surface area contributed by atoms with Gasteiger partial charge in [-0.05, 0) is 12.1 Å². The molecule has 2 N–H and O–H groups in total. The molecular weight excluding hydrogens is 234 g/mol. The minimum Gasteiger partial charge on any atom is -0.497 e. The van der Waals surface area contributed by atoms with E-state index in [1.807, 2.05) is 18.2 Å². The first kappa shape index (κ1) is 12.0. The minimum atomic E-state index is -0.512. The topological polar surface area (TPSA) is 79.4 Å². The van der Waals surface area contributed by atoms with Gasteiger partial charge in [0.15, 0.2) is 0 Å². The Morgan fingerprint density at radius 1 is 1.39 bits per heavy atom. The molecule has 18 heavy (non-hydrogen) atoms. The molecule has 6 nitrogen and oxygen atoms in total. The molecule has 2 aromatic rings. The van der Waals surface area contributed by atoms with Crippen molar-refractivity contribution in [1.29, 1.82) is 0 Å². The Bertz CT molecular complexity index is 578. The molecule has 0 aliphatic rings. The number of nitrogens with two attached hydrogens (primary N) is 1. The highest BCUT2D eigenvalue weighted by Gasteiger charge is 2.16. The van der Waals surface area contributed by atoms with Crippen molar-refractivity contribution in [2.24, 2.45) is 0 Å². The third-order valence-electron chi connectivity index (χ3n) is 2.51. The largest absolute Gasteiger partial charge is 0.497 e. The Balaban J connectivity index is 2.45. The van der Waals surface area contributed by atoms with Gasteiger partial charge in [0.1, 0.15) is 17.1 Å². The number of carbonyl (C=O) groups is 1. The van der Waals surface area contributed by atoms with Gasteiger partial charge < -0.3 is 15.2 Å². The van der Waals surface area contributed by atoms with Crippen LogP contribution in [0.25, 0.3) is 5.69 Å². The average Bonchev–Trinajstić information content (AvgIpc) is 2.80. The summed E-state index contributed by atoms with van der Waals surface area (Å²) < 4.78 is 11.2. The van der Waals surface area contributed by atoms with Crippen LogP contribution in [-0.4, -0.2) is 30.0 Å². The van der Waals surface area contributed by atoms with E-state index in [-0.39, 0.29) is 11.4 Å². The predicted octanol–water partition coefficient (Wildman–Crippen LogP) is 1.25. The number of ether oxygens (including phenoxy) is 2. The van der Waals surface area contributed by atoms with Gasteiger partial charge in [-0.25, -0.2) is 9.48 Å². The lowest BCUT2D eigenvalue weighted by Crippen LogP contribution is -2.07. The van der Waals surface area contributed by atoms with Gasteiger partial charge in [0.25, 0.3) is 0 Å². The molecular formula is C12H13N3O3. The van der Waals surface area contributed by atoms with Crippen molar-refractivity contribution in [3.8, 4) is 11.4 Å². The summed E-state index contributed by atoms with van der Waals surface area (Å²) in [4.78, 5) is 11.4. The summed E-state index contributed by atoms with van der Waals surface area (Å²) in [6.07, 6.45) is 1.38. The van der Waals surface area contributed by atoms with Crippen LogP contribution >= 0.6 is 0 Å². The molecule has 1 heterocycles. The van der Waals surface area contributed by atoms with Crippen LogP contribution in [0.15, 0.2) is 30.5 Å². The molecule has 1 aromatic carbocycles. The normalized spacial score (nSPS) is 10.1. The van der Waals surface area contributed by atoms with E-state index >= 15 is 0 Å². The number of nitrogens with zero attached hydrogens (tertiary/aromatic N) is 2. The molecule has 0 saturated carbocycles. The van der Waals surface area contributed by atoms with Crippen LogP contribution < -0.4 is 10.5 Å². The lowest BCUT2D eigenvalue weighted by atomic mass is 10.3. The molecule has 0 radical (unpaired) electrons. The van der Waals surface area contributed by atoms with Gasteiger partial charge in [0, 0.05) is 6.07 Å². The fourth-order valence-corrected chi connectivity index (χ4v) is 1.57. The van der Waals surface area contributed by atoms with Crippen LogP contribution in [0.5, 0.6) is 5.75 Å². The molecule has 0 amide bonds. The first-order valence-electron chi connectivity index (χ1n) is 5.23. The van der Waals surface area contributed by atoms with Gasteiger partial charge in [-0.15, -0.1) is 0 Å². The van der Waals surface area contributed by atoms with Crippen molar-refractivity contribution in [3.63, 3.8) is 0 Å². The van der Waals surface area contributed by atoms with Crippen LogP contribution in [0.2, 0.25) is 0 Å². The van der Waals surface area contributed by atoms with Crippen molar-refractivity contribution < 1.29 is 14.3 Å². The highest BCUT2D eigenvalue weighted by atomic mass is 16.5. The van der Waals surface area contributed by atoms with E-state index in [4.69, 9.17) is 10.5 Å². The Hall–Kier alpha value is -2.50. The summed E-state index contributed by atoms with van der Waals surface area (Å²) in [5, 5.41) is 4.07. The van der Waals surface area contributed by atoms with E-state index in [1.54, 1.807) is 13.2 Å². The maximum absolute atomic E-state index is 11.4. The number of rotatable bonds is 3. The first-order chi connectivity index (χ1) is 8.67. The van der Waals surface area contributed by atoms with Crippen LogP contribution in [0, 0.1) is 0 Å². The van der Waals surface area contributed by atoms with E-state index in [1.165, 1.54) is 18.0 Å². The number of methoxy groups -OCH3 is 2. The standard InChI is InChI=1S/C12H13N3O3/c1-17-9-5-3-4-8(6-9)15-11(13)10(7-14-15)12(16)18-2/h3-7H,13H2,1-2H3. The van der Waals surface area contributed by atoms with Gasteiger partial charge in [0.2, 0.25) is 0 Å². The van der Waals surface area contributed by atoms with Crippen molar-refractivity contribution in [2.45, 2.75) is 0 Å². The van der Waals surface area contributed by atoms with E-state index < -0.39 is 5.97 Å². The lowest BCUT2D eigenvalue weighted by molar-refractivity contribution is 0.0602. The number of carbonyl (C=O) groups excluding carboxylic acids is 1. The number of hydrogen-bond acceptors (Lipinski definition) is 5. The molecule has 0 bridgehead atoms. The molecule has 0 aliphatic heterocycles. The molecule has 0 spiro atoms. The zero-order valence-electron chi connectivity index (χ0n) is 10.1. The Morgan fingerprint density at radius 2 is 2.17 bits per heavy atom. The van der Waals surface area contributed by atoms with Gasteiger partial charge in [0.05, 0.1) is 26.1 Å². The Kier molecular flexibility index (Phi) is 3.18. The fraction of sp³-hybridized carbons (Fsp3) is 0.167. The number of benzene rings is 1. The van der Waals surface area contributed by atoms with Gasteiger partial charge >= 0.3 is 5.97 Å². The molecule has 1 aromatic heterocycles. The fourth-order valence-electron chi connectivity index (χ4n) is 1.57. The van der Waals surface area contributed by atoms with Gasteiger partial charge in [-0.3, -0.25) is 0 Å². The van der Waals surface area contributed by atoms with Crippen molar-refractivity contribution in [2.75, 3.05) is 20.0 Å². The van der Waals surface area contributed by atoms with Crippen molar-refractivity contribution >= 4 is 11.8 Å². The van der Waals surface area contributed by atoms with Gasteiger partial charge in [-0.2, -0.15) is 5.10 Å². The summed E-state index contributed by atoms with van der Waals surface area (Å²) in [5.74, 6) is 0.402. The van der Waals surface area contributed by atoms with E-state index in [9.17, 15) is 4.79 Å². The minimum absolute atomic E-state index is 0.232. The van der Waals surface area contributed by atoms with Gasteiger partial charge in [-0.1, -0.05) is 6.07 Å². The highest BCUT2D eigenvalue weighted by Crippen LogP contribution is 2.21. The molecule has 94 valence electrons. The number of esters is 1. The summed E-state index contributed by atoms with van der Waals surface area (Å²) >= 11 is 0. The molecule has 0 unspecified atom stereocenters. The average molecular weight is 247 g/mol. The Morgan fingerprint density at radius 3 is 2.83 bits per heavy atom. The third-order valence-corrected chi connectivity index (χ3v) is 2.51. The zero-order chi connectivity index (χ0) is 13.1. The SMILES string of the molecule is COC(=O)c1cnn(-c2cccc(OC)c2)c1N. The molecule has 0 fully saturated rings. The quantitative estimate of drug-likeness (QED) is 0.826. The summed E-state index contributed by atoms with van der Waals surface area (Å²) in [5.41, 5.74) is 6.81. The zero-order valence-corrected chi connectivity index (χ0v) is 10.1. The summed E-state index contributed by atoms with van der Waals surface area (Å²) in [6, 6.07) is 7.20. The second-order valence-corrected chi connectivity index (χ2v) is 3.55.